The number of carbonyl (C=O) groups is 1. The van der Waals surface area contributed by atoms with Crippen LogP contribution in [0.2, 0.25) is 0 Å². The number of amides is 2. The molecule has 1 aromatic carbocycles. The van der Waals surface area contributed by atoms with Gasteiger partial charge < -0.3 is 10.4 Å². The third kappa shape index (κ3) is 4.38. The highest BCUT2D eigenvalue weighted by Crippen LogP contribution is 2.37. The van der Waals surface area contributed by atoms with Gasteiger partial charge in [-0.05, 0) is 62.1 Å². The highest BCUT2D eigenvalue weighted by Gasteiger charge is 2.27. The minimum atomic E-state index is -3.58. The van der Waals surface area contributed by atoms with Crippen LogP contribution in [0, 0.1) is 10.7 Å². The second-order valence-electron chi connectivity index (χ2n) is 8.75. The van der Waals surface area contributed by atoms with Gasteiger partial charge in [0.2, 0.25) is 0 Å². The zero-order valence-electron chi connectivity index (χ0n) is 17.3. The van der Waals surface area contributed by atoms with E-state index in [1.165, 1.54) is 36.6 Å². The minimum absolute atomic E-state index is 0.114. The van der Waals surface area contributed by atoms with Crippen LogP contribution >= 0.6 is 11.3 Å². The van der Waals surface area contributed by atoms with Crippen LogP contribution in [0.3, 0.4) is 0 Å². The van der Waals surface area contributed by atoms with Gasteiger partial charge in [-0.1, -0.05) is 31.4 Å². The first kappa shape index (κ1) is 21.3. The molecule has 1 aromatic heterocycles. The number of rotatable bonds is 6. The number of aromatic nitrogens is 1. The van der Waals surface area contributed by atoms with E-state index >= 15 is 0 Å². The summed E-state index contributed by atoms with van der Waals surface area (Å²) < 4.78 is 23.5. The van der Waals surface area contributed by atoms with E-state index in [1.807, 2.05) is 0 Å². The van der Waals surface area contributed by atoms with Crippen molar-refractivity contribution in [3.63, 3.8) is 0 Å². The first-order valence-corrected chi connectivity index (χ1v) is 12.7. The lowest BCUT2D eigenvalue weighted by Crippen LogP contribution is -2.34. The number of urea groups is 1. The summed E-state index contributed by atoms with van der Waals surface area (Å²) in [5, 5.41) is 13.3. The van der Waals surface area contributed by atoms with Crippen molar-refractivity contribution >= 4 is 33.0 Å². The van der Waals surface area contributed by atoms with Gasteiger partial charge in [-0.2, -0.15) is 0 Å². The highest BCUT2D eigenvalue weighted by atomic mass is 32.2. The van der Waals surface area contributed by atoms with E-state index in [-0.39, 0.29) is 4.21 Å². The average Bonchev–Trinajstić information content (AvgIpc) is 3.28. The lowest BCUT2D eigenvalue weighted by Gasteiger charge is -2.27. The van der Waals surface area contributed by atoms with Gasteiger partial charge in [-0.15, -0.1) is 11.3 Å². The van der Waals surface area contributed by atoms with E-state index in [4.69, 9.17) is 4.78 Å². The zero-order valence-corrected chi connectivity index (χ0v) is 18.9. The lowest BCUT2D eigenvalue weighted by molar-refractivity contribution is 0.0783. The monoisotopic (exact) mass is 448 g/mol. The van der Waals surface area contributed by atoms with Crippen LogP contribution in [0.4, 0.5) is 10.5 Å². The molecule has 0 spiro atoms. The number of nitrogens with zero attached hydrogens (tertiary/aromatic N) is 1. The summed E-state index contributed by atoms with van der Waals surface area (Å²) in [5.41, 5.74) is 3.18. The average molecular weight is 449 g/mol. The number of aryl methyl sites for hydroxylation is 1. The van der Waals surface area contributed by atoms with Crippen LogP contribution in [0.25, 0.3) is 0 Å². The number of fused-ring (bicyclic) bond motifs is 1. The van der Waals surface area contributed by atoms with Crippen LogP contribution in [0.5, 0.6) is 0 Å². The third-order valence-corrected chi connectivity index (χ3v) is 9.07. The zero-order chi connectivity index (χ0) is 21.5. The molecule has 2 aliphatic carbocycles. The van der Waals surface area contributed by atoms with Crippen molar-refractivity contribution in [2.24, 2.45) is 5.92 Å². The van der Waals surface area contributed by atoms with Gasteiger partial charge in [0.1, 0.15) is 14.8 Å². The number of anilines is 1. The number of nitrogens with one attached hydrogen (secondary N) is 3. The van der Waals surface area contributed by atoms with Crippen LogP contribution in [0.15, 0.2) is 22.5 Å². The normalized spacial score (nSPS) is 18.4. The van der Waals surface area contributed by atoms with Crippen LogP contribution in [0.1, 0.15) is 61.2 Å². The first-order valence-electron chi connectivity index (χ1n) is 10.3. The van der Waals surface area contributed by atoms with E-state index in [1.54, 1.807) is 13.8 Å². The second-order valence-corrected chi connectivity index (χ2v) is 11.8. The summed E-state index contributed by atoms with van der Waals surface area (Å²) in [6.45, 7) is 3.14. The van der Waals surface area contributed by atoms with Gasteiger partial charge in [-0.25, -0.2) is 23.5 Å². The molecule has 2 aromatic rings. The smallest absolute Gasteiger partial charge is 0.331 e. The van der Waals surface area contributed by atoms with Gasteiger partial charge in [0.25, 0.3) is 0 Å². The fourth-order valence-corrected chi connectivity index (χ4v) is 6.14. The topological polar surface area (TPSA) is 115 Å². The Balaban J connectivity index is 1.53. The molecule has 30 heavy (non-hydrogen) atoms. The lowest BCUT2D eigenvalue weighted by atomic mass is 9.80. The molecule has 7 nitrogen and oxygen atoms in total. The molecule has 9 heteroatoms. The van der Waals surface area contributed by atoms with Gasteiger partial charge >= 0.3 is 6.03 Å². The summed E-state index contributed by atoms with van der Waals surface area (Å²) in [4.78, 5) is 16.8. The van der Waals surface area contributed by atoms with Crippen molar-refractivity contribution in [3.05, 3.63) is 40.0 Å². The molecule has 162 valence electrons. The van der Waals surface area contributed by atoms with Gasteiger partial charge in [0, 0.05) is 5.69 Å². The van der Waals surface area contributed by atoms with Crippen molar-refractivity contribution in [1.82, 2.24) is 9.71 Å². The molecular formula is C21H28N4O3S2. The molecule has 4 N–H and O–H groups in total. The standard InChI is InChI=1S/C21H28N4O3S2/c1-21(2,27)19-23-12-17(29-19)30(22,28)25-20(26)24-18-15(11-13-5-3-6-13)10-9-14-7-4-8-16(14)18/h9-10,12-13,27H,3-8,11H2,1-2H3,(H3,22,24,25,26,28)/t30-/m1/s1. The second kappa shape index (κ2) is 7.94. The van der Waals surface area contributed by atoms with E-state index in [0.717, 1.165) is 48.3 Å². The molecule has 2 aliphatic rings. The Labute approximate surface area is 181 Å². The summed E-state index contributed by atoms with van der Waals surface area (Å²) in [5.74, 6) is 0.658. The number of hydrogen-bond donors (Lipinski definition) is 4. The maximum Gasteiger partial charge on any atom is 0.331 e. The molecule has 1 saturated carbocycles. The number of thiazole rings is 1. The molecular weight excluding hydrogens is 420 g/mol. The number of hydrogen-bond acceptors (Lipinski definition) is 6. The Hall–Kier alpha value is -1.97. The molecule has 0 aliphatic heterocycles. The van der Waals surface area contributed by atoms with Crippen LogP contribution < -0.4 is 10.0 Å². The molecule has 0 bridgehead atoms. The van der Waals surface area contributed by atoms with Crippen molar-refractivity contribution in [1.29, 1.82) is 4.78 Å². The largest absolute Gasteiger partial charge is 0.383 e. The van der Waals surface area contributed by atoms with Crippen molar-refractivity contribution in [2.45, 2.75) is 68.6 Å². The van der Waals surface area contributed by atoms with Crippen molar-refractivity contribution < 1.29 is 14.1 Å². The Morgan fingerprint density at radius 3 is 2.73 bits per heavy atom. The molecule has 4 rings (SSSR count). The fourth-order valence-electron chi connectivity index (χ4n) is 4.04. The fraction of sp³-hybridized carbons (Fsp3) is 0.524. The maximum absolute atomic E-state index is 12.9. The summed E-state index contributed by atoms with van der Waals surface area (Å²) in [6, 6.07) is 3.63. The predicted molar refractivity (Wildman–Crippen MR) is 118 cm³/mol. The van der Waals surface area contributed by atoms with Crippen LogP contribution in [-0.4, -0.2) is 20.3 Å². The van der Waals surface area contributed by atoms with Gasteiger partial charge in [0.05, 0.1) is 6.20 Å². The molecule has 1 fully saturated rings. The van der Waals surface area contributed by atoms with E-state index in [9.17, 15) is 14.1 Å². The van der Waals surface area contributed by atoms with Crippen molar-refractivity contribution in [2.75, 3.05) is 5.32 Å². The Morgan fingerprint density at radius 2 is 2.10 bits per heavy atom. The minimum Gasteiger partial charge on any atom is -0.383 e. The molecule has 1 heterocycles. The Morgan fingerprint density at radius 1 is 1.33 bits per heavy atom. The van der Waals surface area contributed by atoms with Crippen molar-refractivity contribution in [3.8, 4) is 0 Å². The Kier molecular flexibility index (Phi) is 5.63. The summed E-state index contributed by atoms with van der Waals surface area (Å²) in [6.07, 6.45) is 8.92. The number of benzene rings is 1. The van der Waals surface area contributed by atoms with Gasteiger partial charge in [-0.3, -0.25) is 0 Å². The Bertz CT molecular complexity index is 1070. The maximum atomic E-state index is 12.9. The number of aliphatic hydroxyl groups is 1. The third-order valence-electron chi connectivity index (χ3n) is 5.87. The quantitative estimate of drug-likeness (QED) is 0.526. The molecule has 2 amide bonds. The predicted octanol–water partition coefficient (Wildman–Crippen LogP) is 4.34. The SMILES string of the molecule is CC(C)(O)c1ncc([S@](=N)(=O)NC(=O)Nc2c(CC3CCC3)ccc3c2CCC3)s1. The highest BCUT2D eigenvalue weighted by molar-refractivity contribution is 7.93. The van der Waals surface area contributed by atoms with Crippen LogP contribution in [-0.2, 0) is 34.8 Å². The van der Waals surface area contributed by atoms with E-state index < -0.39 is 21.5 Å². The summed E-state index contributed by atoms with van der Waals surface area (Å²) in [7, 11) is -3.58. The van der Waals surface area contributed by atoms with E-state index in [2.05, 4.69) is 27.2 Å². The molecule has 1 atom stereocenters. The molecule has 0 saturated heterocycles. The molecule has 0 unspecified atom stereocenters. The molecule has 0 radical (unpaired) electrons. The number of carbonyl (C=O) groups excluding carboxylic acids is 1. The van der Waals surface area contributed by atoms with E-state index in [0.29, 0.717) is 10.9 Å². The van der Waals surface area contributed by atoms with Gasteiger partial charge in [0.15, 0.2) is 9.92 Å². The first-order chi connectivity index (χ1) is 14.1. The summed E-state index contributed by atoms with van der Waals surface area (Å²) >= 11 is 0.971.